The predicted octanol–water partition coefficient (Wildman–Crippen LogP) is 3.65. The zero-order valence-corrected chi connectivity index (χ0v) is 11.8. The summed E-state index contributed by atoms with van der Waals surface area (Å²) in [5, 5.41) is 4.51. The second kappa shape index (κ2) is 5.00. The van der Waals surface area contributed by atoms with Crippen molar-refractivity contribution < 1.29 is 0 Å². The van der Waals surface area contributed by atoms with Gasteiger partial charge in [-0.25, -0.2) is 9.50 Å². The Morgan fingerprint density at radius 1 is 0.818 bits per heavy atom. The molecule has 0 fully saturated rings. The summed E-state index contributed by atoms with van der Waals surface area (Å²) in [5.74, 6) is 0.490. The number of hydrogen-bond donors (Lipinski definition) is 1. The van der Waals surface area contributed by atoms with E-state index in [1.807, 2.05) is 77.4 Å². The van der Waals surface area contributed by atoms with Crippen LogP contribution in [-0.2, 0) is 0 Å². The summed E-state index contributed by atoms with van der Waals surface area (Å²) < 4.78 is 1.84. The van der Waals surface area contributed by atoms with Crippen molar-refractivity contribution in [2.24, 2.45) is 0 Å². The van der Waals surface area contributed by atoms with Gasteiger partial charge in [-0.2, -0.15) is 5.10 Å². The van der Waals surface area contributed by atoms with Crippen LogP contribution in [0.2, 0.25) is 0 Å². The lowest BCUT2D eigenvalue weighted by Gasteiger charge is -2.07. The van der Waals surface area contributed by atoms with Crippen LogP contribution in [0.3, 0.4) is 0 Å². The van der Waals surface area contributed by atoms with Crippen molar-refractivity contribution in [3.05, 3.63) is 72.9 Å². The van der Waals surface area contributed by atoms with E-state index in [1.54, 1.807) is 0 Å². The first-order valence-electron chi connectivity index (χ1n) is 7.08. The fourth-order valence-corrected chi connectivity index (χ4v) is 2.62. The SMILES string of the molecule is Nc1cc(-c2ccccc2)n2ncc(-c3ccccc3)c2n1. The van der Waals surface area contributed by atoms with E-state index in [2.05, 4.69) is 10.1 Å². The highest BCUT2D eigenvalue weighted by molar-refractivity contribution is 5.80. The Morgan fingerprint density at radius 2 is 1.45 bits per heavy atom. The van der Waals surface area contributed by atoms with Crippen molar-refractivity contribution in [3.63, 3.8) is 0 Å². The molecule has 4 aromatic rings. The highest BCUT2D eigenvalue weighted by atomic mass is 15.3. The molecule has 0 aliphatic heterocycles. The number of hydrogen-bond acceptors (Lipinski definition) is 3. The summed E-state index contributed by atoms with van der Waals surface area (Å²) in [7, 11) is 0. The van der Waals surface area contributed by atoms with Gasteiger partial charge in [0.15, 0.2) is 5.65 Å². The molecule has 0 aliphatic carbocycles. The van der Waals surface area contributed by atoms with Crippen LogP contribution in [0.4, 0.5) is 5.82 Å². The molecule has 4 rings (SSSR count). The first-order valence-corrected chi connectivity index (χ1v) is 7.08. The highest BCUT2D eigenvalue weighted by Crippen LogP contribution is 2.28. The van der Waals surface area contributed by atoms with Crippen LogP contribution in [0.5, 0.6) is 0 Å². The number of fused-ring (bicyclic) bond motifs is 1. The van der Waals surface area contributed by atoms with Crippen molar-refractivity contribution >= 4 is 11.5 Å². The van der Waals surface area contributed by atoms with Crippen LogP contribution < -0.4 is 5.73 Å². The van der Waals surface area contributed by atoms with Crippen LogP contribution in [0.15, 0.2) is 72.9 Å². The molecule has 0 amide bonds. The van der Waals surface area contributed by atoms with E-state index in [-0.39, 0.29) is 0 Å². The Morgan fingerprint density at radius 3 is 2.14 bits per heavy atom. The van der Waals surface area contributed by atoms with E-state index in [0.29, 0.717) is 5.82 Å². The fourth-order valence-electron chi connectivity index (χ4n) is 2.62. The van der Waals surface area contributed by atoms with Crippen molar-refractivity contribution in [2.75, 3.05) is 5.73 Å². The predicted molar refractivity (Wildman–Crippen MR) is 88.3 cm³/mol. The van der Waals surface area contributed by atoms with Gasteiger partial charge >= 0.3 is 0 Å². The van der Waals surface area contributed by atoms with Crippen LogP contribution in [0.25, 0.3) is 28.0 Å². The van der Waals surface area contributed by atoms with Gasteiger partial charge in [0.25, 0.3) is 0 Å². The molecule has 106 valence electrons. The molecule has 4 heteroatoms. The number of benzene rings is 2. The Hall–Kier alpha value is -3.14. The molecule has 2 heterocycles. The van der Waals surface area contributed by atoms with Gasteiger partial charge in [0.1, 0.15) is 5.82 Å². The molecule has 0 saturated carbocycles. The average molecular weight is 286 g/mol. The first kappa shape index (κ1) is 12.6. The Kier molecular flexibility index (Phi) is 2.86. The summed E-state index contributed by atoms with van der Waals surface area (Å²) >= 11 is 0. The molecule has 2 N–H and O–H groups in total. The number of nitrogens with zero attached hydrogens (tertiary/aromatic N) is 3. The quantitative estimate of drug-likeness (QED) is 0.612. The monoisotopic (exact) mass is 286 g/mol. The van der Waals surface area contributed by atoms with Crippen molar-refractivity contribution in [1.82, 2.24) is 14.6 Å². The van der Waals surface area contributed by atoms with Gasteiger partial charge in [-0.05, 0) is 5.56 Å². The minimum atomic E-state index is 0.490. The number of aromatic nitrogens is 3. The fraction of sp³-hybridized carbons (Fsp3) is 0. The largest absolute Gasteiger partial charge is 0.384 e. The van der Waals surface area contributed by atoms with Crippen LogP contribution in [0, 0.1) is 0 Å². The lowest BCUT2D eigenvalue weighted by molar-refractivity contribution is 0.950. The van der Waals surface area contributed by atoms with E-state index in [0.717, 1.165) is 28.0 Å². The highest BCUT2D eigenvalue weighted by Gasteiger charge is 2.13. The van der Waals surface area contributed by atoms with E-state index in [1.165, 1.54) is 0 Å². The van der Waals surface area contributed by atoms with Gasteiger partial charge in [0, 0.05) is 17.2 Å². The molecular weight excluding hydrogens is 272 g/mol. The maximum atomic E-state index is 6.02. The molecular formula is C18H14N4. The number of nitrogen functional groups attached to an aromatic ring is 1. The molecule has 0 radical (unpaired) electrons. The van der Waals surface area contributed by atoms with E-state index >= 15 is 0 Å². The second-order valence-electron chi connectivity index (χ2n) is 5.09. The minimum absolute atomic E-state index is 0.490. The molecule has 0 spiro atoms. The van der Waals surface area contributed by atoms with Gasteiger partial charge in [-0.1, -0.05) is 60.7 Å². The van der Waals surface area contributed by atoms with Crippen LogP contribution in [-0.4, -0.2) is 14.6 Å². The molecule has 0 atom stereocenters. The maximum absolute atomic E-state index is 6.02. The number of nitrogens with two attached hydrogens (primary N) is 1. The third-order valence-corrected chi connectivity index (χ3v) is 3.65. The molecule has 0 saturated heterocycles. The van der Waals surface area contributed by atoms with Gasteiger partial charge in [-0.3, -0.25) is 0 Å². The maximum Gasteiger partial charge on any atom is 0.165 e. The molecule has 22 heavy (non-hydrogen) atoms. The minimum Gasteiger partial charge on any atom is -0.384 e. The third kappa shape index (κ3) is 2.02. The van der Waals surface area contributed by atoms with Crippen molar-refractivity contribution in [3.8, 4) is 22.4 Å². The van der Waals surface area contributed by atoms with E-state index in [9.17, 15) is 0 Å². The van der Waals surface area contributed by atoms with Gasteiger partial charge < -0.3 is 5.73 Å². The van der Waals surface area contributed by atoms with Crippen LogP contribution >= 0.6 is 0 Å². The summed E-state index contributed by atoms with van der Waals surface area (Å²) in [6, 6.07) is 22.0. The summed E-state index contributed by atoms with van der Waals surface area (Å²) in [4.78, 5) is 4.48. The van der Waals surface area contributed by atoms with Gasteiger partial charge in [0.2, 0.25) is 0 Å². The Balaban J connectivity index is 2.00. The first-order chi connectivity index (χ1) is 10.8. The standard InChI is InChI=1S/C18H14N4/c19-17-11-16(14-9-5-2-6-10-14)22-18(21-17)15(12-20-22)13-7-3-1-4-8-13/h1-12H,(H2,19,21). The van der Waals surface area contributed by atoms with Gasteiger partial charge in [0.05, 0.1) is 11.9 Å². The topological polar surface area (TPSA) is 56.2 Å². The van der Waals surface area contributed by atoms with Crippen molar-refractivity contribution in [2.45, 2.75) is 0 Å². The Labute approximate surface area is 127 Å². The lowest BCUT2D eigenvalue weighted by atomic mass is 10.1. The molecule has 4 nitrogen and oxygen atoms in total. The lowest BCUT2D eigenvalue weighted by Crippen LogP contribution is -2.00. The normalized spacial score (nSPS) is 10.9. The summed E-state index contributed by atoms with van der Waals surface area (Å²) in [6.45, 7) is 0. The third-order valence-electron chi connectivity index (χ3n) is 3.65. The molecule has 0 unspecified atom stereocenters. The summed E-state index contributed by atoms with van der Waals surface area (Å²) in [6.07, 6.45) is 1.84. The van der Waals surface area contributed by atoms with Crippen molar-refractivity contribution in [1.29, 1.82) is 0 Å². The molecule has 0 aliphatic rings. The number of anilines is 1. The molecule has 2 aromatic heterocycles. The van der Waals surface area contributed by atoms with Crippen LogP contribution in [0.1, 0.15) is 0 Å². The van der Waals surface area contributed by atoms with Gasteiger partial charge in [-0.15, -0.1) is 0 Å². The summed E-state index contributed by atoms with van der Waals surface area (Å²) in [5.41, 5.74) is 10.8. The van der Waals surface area contributed by atoms with E-state index < -0.39 is 0 Å². The smallest absolute Gasteiger partial charge is 0.165 e. The number of rotatable bonds is 2. The Bertz CT molecular complexity index is 927. The average Bonchev–Trinajstić information content (AvgIpc) is 2.99. The van der Waals surface area contributed by atoms with E-state index in [4.69, 9.17) is 5.73 Å². The second-order valence-corrected chi connectivity index (χ2v) is 5.09. The molecule has 2 aromatic carbocycles. The zero-order chi connectivity index (χ0) is 14.9. The zero-order valence-electron chi connectivity index (χ0n) is 11.8. The molecule has 0 bridgehead atoms.